The third kappa shape index (κ3) is 4.00. The molecule has 0 unspecified atom stereocenters. The van der Waals surface area contributed by atoms with Crippen molar-refractivity contribution >= 4 is 60.1 Å². The molecular formula is C18H11Br2NO3S. The summed E-state index contributed by atoms with van der Waals surface area (Å²) >= 11 is 7.87. The standard InChI is InChI=1S/C18H11Br2NO3S/c19-12-6-4-10(5-7-12)14-9-25-17(15(14)18(23)24)21-16(22)11-2-1-3-13(20)8-11/h1-9H,(H,21,22)(H,23,24). The zero-order chi connectivity index (χ0) is 18.0. The van der Waals surface area contributed by atoms with Gasteiger partial charge in [-0.25, -0.2) is 4.79 Å². The zero-order valence-corrected chi connectivity index (χ0v) is 16.6. The first-order valence-corrected chi connectivity index (χ1v) is 9.60. The van der Waals surface area contributed by atoms with Gasteiger partial charge in [-0.2, -0.15) is 0 Å². The molecule has 0 fully saturated rings. The summed E-state index contributed by atoms with van der Waals surface area (Å²) in [5, 5.41) is 14.4. The number of carbonyl (C=O) groups is 2. The highest BCUT2D eigenvalue weighted by Crippen LogP contribution is 2.36. The topological polar surface area (TPSA) is 66.4 Å². The Morgan fingerprint density at radius 2 is 1.72 bits per heavy atom. The molecule has 7 heteroatoms. The molecule has 0 aliphatic rings. The number of aromatic carboxylic acids is 1. The molecule has 0 aliphatic heterocycles. The number of thiophene rings is 1. The molecule has 0 spiro atoms. The second-order valence-corrected chi connectivity index (χ2v) is 7.84. The van der Waals surface area contributed by atoms with Gasteiger partial charge in [0.05, 0.1) is 0 Å². The molecule has 2 N–H and O–H groups in total. The number of rotatable bonds is 4. The number of nitrogens with one attached hydrogen (secondary N) is 1. The highest BCUT2D eigenvalue weighted by Gasteiger charge is 2.21. The first-order chi connectivity index (χ1) is 12.0. The van der Waals surface area contributed by atoms with E-state index in [-0.39, 0.29) is 11.5 Å². The predicted octanol–water partition coefficient (Wildman–Crippen LogP) is 5.89. The molecule has 0 radical (unpaired) electrons. The fourth-order valence-corrected chi connectivity index (χ4v) is 3.93. The van der Waals surface area contributed by atoms with Crippen LogP contribution in [-0.4, -0.2) is 17.0 Å². The first kappa shape index (κ1) is 17.8. The van der Waals surface area contributed by atoms with Crippen molar-refractivity contribution in [3.63, 3.8) is 0 Å². The van der Waals surface area contributed by atoms with Crippen molar-refractivity contribution < 1.29 is 14.7 Å². The minimum absolute atomic E-state index is 0.0932. The number of amides is 1. The molecule has 0 atom stereocenters. The van der Waals surface area contributed by atoms with Crippen LogP contribution in [0.15, 0.2) is 62.9 Å². The van der Waals surface area contributed by atoms with E-state index >= 15 is 0 Å². The number of carbonyl (C=O) groups excluding carboxylic acids is 1. The van der Waals surface area contributed by atoms with Crippen molar-refractivity contribution in [2.45, 2.75) is 0 Å². The van der Waals surface area contributed by atoms with Gasteiger partial charge in [0.2, 0.25) is 0 Å². The van der Waals surface area contributed by atoms with Gasteiger partial charge in [-0.1, -0.05) is 50.1 Å². The number of anilines is 1. The molecule has 1 aromatic heterocycles. The molecule has 0 aliphatic carbocycles. The van der Waals surface area contributed by atoms with E-state index in [2.05, 4.69) is 37.2 Å². The SMILES string of the molecule is O=C(Nc1scc(-c2ccc(Br)cc2)c1C(=O)O)c1cccc(Br)c1. The van der Waals surface area contributed by atoms with E-state index in [9.17, 15) is 14.7 Å². The molecule has 4 nitrogen and oxygen atoms in total. The van der Waals surface area contributed by atoms with Crippen molar-refractivity contribution in [2.75, 3.05) is 5.32 Å². The number of carboxylic acid groups (broad SMARTS) is 1. The molecule has 25 heavy (non-hydrogen) atoms. The number of carboxylic acids is 1. The maximum atomic E-state index is 12.4. The average molecular weight is 481 g/mol. The van der Waals surface area contributed by atoms with Crippen molar-refractivity contribution in [2.24, 2.45) is 0 Å². The molecule has 1 heterocycles. The van der Waals surface area contributed by atoms with Crippen LogP contribution >= 0.6 is 43.2 Å². The van der Waals surface area contributed by atoms with Gasteiger partial charge in [-0.15, -0.1) is 11.3 Å². The second-order valence-electron chi connectivity index (χ2n) is 5.13. The van der Waals surface area contributed by atoms with Crippen LogP contribution in [0, 0.1) is 0 Å². The summed E-state index contributed by atoms with van der Waals surface area (Å²) < 4.78 is 1.69. The Labute approximate surface area is 164 Å². The molecule has 0 saturated carbocycles. The predicted molar refractivity (Wildman–Crippen MR) is 107 cm³/mol. The number of halogens is 2. The van der Waals surface area contributed by atoms with Crippen LogP contribution in [-0.2, 0) is 0 Å². The van der Waals surface area contributed by atoms with E-state index in [1.165, 1.54) is 11.3 Å². The lowest BCUT2D eigenvalue weighted by Crippen LogP contribution is -2.13. The molecule has 3 aromatic rings. The van der Waals surface area contributed by atoms with Crippen LogP contribution in [0.25, 0.3) is 11.1 Å². The Bertz CT molecular complexity index is 951. The molecule has 0 saturated heterocycles. The molecule has 1 amide bonds. The van der Waals surface area contributed by atoms with E-state index in [4.69, 9.17) is 0 Å². The summed E-state index contributed by atoms with van der Waals surface area (Å²) in [7, 11) is 0. The fraction of sp³-hybridized carbons (Fsp3) is 0. The van der Waals surface area contributed by atoms with Gasteiger partial charge in [0.25, 0.3) is 5.91 Å². The third-order valence-electron chi connectivity index (χ3n) is 3.47. The van der Waals surface area contributed by atoms with Crippen LogP contribution in [0.2, 0.25) is 0 Å². The molecule has 0 bridgehead atoms. The Morgan fingerprint density at radius 3 is 2.36 bits per heavy atom. The summed E-state index contributed by atoms with van der Waals surface area (Å²) in [5.74, 6) is -1.43. The number of hydrogen-bond donors (Lipinski definition) is 2. The molecule has 126 valence electrons. The zero-order valence-electron chi connectivity index (χ0n) is 12.6. The van der Waals surface area contributed by atoms with Gasteiger partial charge in [0, 0.05) is 25.5 Å². The highest BCUT2D eigenvalue weighted by atomic mass is 79.9. The normalized spacial score (nSPS) is 10.5. The van der Waals surface area contributed by atoms with Crippen molar-refractivity contribution in [1.29, 1.82) is 0 Å². The summed E-state index contributed by atoms with van der Waals surface area (Å²) in [4.78, 5) is 24.2. The summed E-state index contributed by atoms with van der Waals surface area (Å²) in [5.41, 5.74) is 1.90. The Hall–Kier alpha value is -1.96. The largest absolute Gasteiger partial charge is 0.478 e. The minimum Gasteiger partial charge on any atom is -0.478 e. The third-order valence-corrected chi connectivity index (χ3v) is 5.39. The van der Waals surface area contributed by atoms with Crippen LogP contribution in [0.4, 0.5) is 5.00 Å². The minimum atomic E-state index is -1.08. The lowest BCUT2D eigenvalue weighted by Gasteiger charge is -2.06. The van der Waals surface area contributed by atoms with Crippen LogP contribution < -0.4 is 5.32 Å². The number of hydrogen-bond acceptors (Lipinski definition) is 3. The van der Waals surface area contributed by atoms with Gasteiger partial charge >= 0.3 is 5.97 Å². The molecular weight excluding hydrogens is 470 g/mol. The van der Waals surface area contributed by atoms with Gasteiger partial charge in [0.15, 0.2) is 0 Å². The Balaban J connectivity index is 1.96. The van der Waals surface area contributed by atoms with Crippen LogP contribution in [0.3, 0.4) is 0 Å². The number of benzene rings is 2. The van der Waals surface area contributed by atoms with Gasteiger partial charge in [-0.3, -0.25) is 4.79 Å². The van der Waals surface area contributed by atoms with Crippen LogP contribution in [0.1, 0.15) is 20.7 Å². The maximum absolute atomic E-state index is 12.4. The summed E-state index contributed by atoms with van der Waals surface area (Å²) in [6, 6.07) is 14.3. The van der Waals surface area contributed by atoms with E-state index in [0.717, 1.165) is 14.5 Å². The quantitative estimate of drug-likeness (QED) is 0.489. The Morgan fingerprint density at radius 1 is 1.00 bits per heavy atom. The highest BCUT2D eigenvalue weighted by molar-refractivity contribution is 9.10. The monoisotopic (exact) mass is 479 g/mol. The summed E-state index contributed by atoms with van der Waals surface area (Å²) in [6.07, 6.45) is 0. The van der Waals surface area contributed by atoms with E-state index in [1.54, 1.807) is 23.6 Å². The van der Waals surface area contributed by atoms with E-state index < -0.39 is 5.97 Å². The van der Waals surface area contributed by atoms with Crippen LogP contribution in [0.5, 0.6) is 0 Å². The van der Waals surface area contributed by atoms with Gasteiger partial charge < -0.3 is 10.4 Å². The summed E-state index contributed by atoms with van der Waals surface area (Å²) in [6.45, 7) is 0. The molecule has 2 aromatic carbocycles. The fourth-order valence-electron chi connectivity index (χ4n) is 2.31. The second kappa shape index (κ2) is 7.51. The first-order valence-electron chi connectivity index (χ1n) is 7.13. The van der Waals surface area contributed by atoms with Gasteiger partial charge in [0.1, 0.15) is 10.6 Å². The average Bonchev–Trinajstić information content (AvgIpc) is 2.99. The van der Waals surface area contributed by atoms with Crippen molar-refractivity contribution in [1.82, 2.24) is 0 Å². The van der Waals surface area contributed by atoms with E-state index in [0.29, 0.717) is 16.1 Å². The lowest BCUT2D eigenvalue weighted by atomic mass is 10.0. The lowest BCUT2D eigenvalue weighted by molar-refractivity contribution is 0.0699. The molecule has 3 rings (SSSR count). The van der Waals surface area contributed by atoms with Crippen molar-refractivity contribution in [3.8, 4) is 11.1 Å². The smallest absolute Gasteiger partial charge is 0.339 e. The Kier molecular flexibility index (Phi) is 5.36. The van der Waals surface area contributed by atoms with E-state index in [1.807, 2.05) is 30.3 Å². The van der Waals surface area contributed by atoms with Crippen molar-refractivity contribution in [3.05, 3.63) is 74.0 Å². The maximum Gasteiger partial charge on any atom is 0.339 e. The van der Waals surface area contributed by atoms with Gasteiger partial charge in [-0.05, 0) is 35.9 Å².